The number of alkyl carbamates (subject to hydrolysis) is 1. The molecule has 1 aromatic carbocycles. The van der Waals surface area contributed by atoms with Gasteiger partial charge in [0, 0.05) is 25.5 Å². The third-order valence-electron chi connectivity index (χ3n) is 6.82. The van der Waals surface area contributed by atoms with Crippen molar-refractivity contribution in [2.45, 2.75) is 82.7 Å². The molecule has 2 aromatic rings. The number of carbonyl (C=O) groups excluding carboxylic acids is 3. The fourth-order valence-corrected chi connectivity index (χ4v) is 4.56. The molecule has 2 unspecified atom stereocenters. The van der Waals surface area contributed by atoms with E-state index >= 15 is 0 Å². The fourth-order valence-electron chi connectivity index (χ4n) is 4.56. The minimum atomic E-state index is -4.46. The number of carbonyl (C=O) groups is 3. The van der Waals surface area contributed by atoms with E-state index in [2.05, 4.69) is 20.9 Å². The summed E-state index contributed by atoms with van der Waals surface area (Å²) in [6, 6.07) is 10.0. The molecule has 0 spiro atoms. The number of benzene rings is 1. The van der Waals surface area contributed by atoms with E-state index in [0.717, 1.165) is 5.56 Å². The van der Waals surface area contributed by atoms with Gasteiger partial charge in [0.1, 0.15) is 18.5 Å². The smallest absolute Gasteiger partial charge is 0.408 e. The van der Waals surface area contributed by atoms with Crippen molar-refractivity contribution < 1.29 is 41.1 Å². The highest BCUT2D eigenvalue weighted by Crippen LogP contribution is 2.37. The van der Waals surface area contributed by atoms with Crippen LogP contribution in [0.15, 0.2) is 48.7 Å². The third-order valence-corrected chi connectivity index (χ3v) is 6.82. The average molecular weight is 585 g/mol. The van der Waals surface area contributed by atoms with Crippen LogP contribution in [0.25, 0.3) is 0 Å². The summed E-state index contributed by atoms with van der Waals surface area (Å²) in [4.78, 5) is 42.0. The Labute approximate surface area is 234 Å². The van der Waals surface area contributed by atoms with Crippen LogP contribution in [0.4, 0.5) is 32.6 Å². The highest BCUT2D eigenvalue weighted by molar-refractivity contribution is 5.96. The molecule has 1 aliphatic carbocycles. The van der Waals surface area contributed by atoms with Crippen LogP contribution in [0, 0.1) is 5.92 Å². The SMILES string of the molecule is CCC(NC(=O)CCC(F)(F)F)c1ccnc(NC(=O)C(NC(=O)OCc2ccccc2)C2CCC(F)(F)CC2)c1. The van der Waals surface area contributed by atoms with E-state index in [-0.39, 0.29) is 25.3 Å². The maximum Gasteiger partial charge on any atom is 0.408 e. The first-order valence-electron chi connectivity index (χ1n) is 13.3. The number of nitrogens with zero attached hydrogens (tertiary/aromatic N) is 1. The molecule has 224 valence electrons. The van der Waals surface area contributed by atoms with Gasteiger partial charge in [-0.3, -0.25) is 9.59 Å². The Hall–Kier alpha value is -3.77. The lowest BCUT2D eigenvalue weighted by Crippen LogP contribution is -2.50. The first kappa shape index (κ1) is 31.8. The Morgan fingerprint density at radius 3 is 2.39 bits per heavy atom. The second-order valence-corrected chi connectivity index (χ2v) is 9.98. The van der Waals surface area contributed by atoms with Crippen molar-refractivity contribution >= 4 is 23.7 Å². The molecule has 0 bridgehead atoms. The predicted molar refractivity (Wildman–Crippen MR) is 140 cm³/mol. The van der Waals surface area contributed by atoms with E-state index in [4.69, 9.17) is 4.74 Å². The Bertz CT molecular complexity index is 1170. The van der Waals surface area contributed by atoms with E-state index < -0.39 is 73.7 Å². The summed E-state index contributed by atoms with van der Waals surface area (Å²) in [5, 5.41) is 7.65. The minimum Gasteiger partial charge on any atom is -0.445 e. The van der Waals surface area contributed by atoms with E-state index in [1.807, 2.05) is 0 Å². The number of rotatable bonds is 11. The number of pyridine rings is 1. The van der Waals surface area contributed by atoms with Gasteiger partial charge in [0.05, 0.1) is 12.5 Å². The van der Waals surface area contributed by atoms with E-state index in [1.54, 1.807) is 43.3 Å². The first-order chi connectivity index (χ1) is 19.3. The van der Waals surface area contributed by atoms with Crippen LogP contribution in [0.5, 0.6) is 0 Å². The number of amides is 3. The van der Waals surface area contributed by atoms with Crippen LogP contribution >= 0.6 is 0 Å². The summed E-state index contributed by atoms with van der Waals surface area (Å²) < 4.78 is 70.2. The van der Waals surface area contributed by atoms with Crippen LogP contribution in [-0.4, -0.2) is 41.0 Å². The molecule has 3 N–H and O–H groups in total. The quantitative estimate of drug-likeness (QED) is 0.279. The summed E-state index contributed by atoms with van der Waals surface area (Å²) in [6.45, 7) is 1.67. The number of anilines is 1. The highest BCUT2D eigenvalue weighted by Gasteiger charge is 2.40. The van der Waals surface area contributed by atoms with Crippen LogP contribution in [0.2, 0.25) is 0 Å². The van der Waals surface area contributed by atoms with Gasteiger partial charge in [-0.25, -0.2) is 18.6 Å². The summed E-state index contributed by atoms with van der Waals surface area (Å²) in [6.07, 6.45) is -6.47. The standard InChI is InChI=1S/C28H33F5N4O4/c1-2-21(35-23(38)10-14-28(31,32)33)20-11-15-34-22(16-20)36-25(39)24(19-8-12-27(29,30)13-9-19)37-26(40)41-17-18-6-4-3-5-7-18/h3-7,11,15-16,19,21,24H,2,8-10,12-14,17H2,1H3,(H,35,38)(H,37,40)(H,34,36,39). The fraction of sp³-hybridized carbons (Fsp3) is 0.500. The largest absolute Gasteiger partial charge is 0.445 e. The van der Waals surface area contributed by atoms with Gasteiger partial charge in [-0.2, -0.15) is 13.2 Å². The van der Waals surface area contributed by atoms with Gasteiger partial charge in [0.15, 0.2) is 0 Å². The van der Waals surface area contributed by atoms with Gasteiger partial charge in [-0.1, -0.05) is 37.3 Å². The molecule has 2 atom stereocenters. The van der Waals surface area contributed by atoms with Crippen molar-refractivity contribution in [2.24, 2.45) is 5.92 Å². The van der Waals surface area contributed by atoms with Crippen molar-refractivity contribution in [1.29, 1.82) is 0 Å². The molecule has 1 aliphatic rings. The van der Waals surface area contributed by atoms with Gasteiger partial charge in [0.25, 0.3) is 0 Å². The zero-order valence-corrected chi connectivity index (χ0v) is 22.5. The van der Waals surface area contributed by atoms with Crippen LogP contribution in [0.3, 0.4) is 0 Å². The molecular formula is C28H33F5N4O4. The van der Waals surface area contributed by atoms with Gasteiger partial charge >= 0.3 is 12.3 Å². The first-order valence-corrected chi connectivity index (χ1v) is 13.3. The summed E-state index contributed by atoms with van der Waals surface area (Å²) in [5.74, 6) is -4.84. The van der Waals surface area contributed by atoms with Crippen molar-refractivity contribution in [1.82, 2.24) is 15.6 Å². The zero-order chi connectivity index (χ0) is 30.0. The maximum absolute atomic E-state index is 13.8. The molecule has 41 heavy (non-hydrogen) atoms. The Balaban J connectivity index is 1.69. The van der Waals surface area contributed by atoms with Crippen molar-refractivity contribution in [2.75, 3.05) is 5.32 Å². The molecule has 0 radical (unpaired) electrons. The number of hydrogen-bond acceptors (Lipinski definition) is 5. The Kier molecular flexibility index (Phi) is 11.0. The van der Waals surface area contributed by atoms with E-state index in [9.17, 15) is 36.3 Å². The van der Waals surface area contributed by atoms with E-state index in [0.29, 0.717) is 12.0 Å². The lowest BCUT2D eigenvalue weighted by atomic mass is 9.81. The molecule has 0 saturated heterocycles. The van der Waals surface area contributed by atoms with Crippen molar-refractivity contribution in [3.8, 4) is 0 Å². The third kappa shape index (κ3) is 10.6. The minimum absolute atomic E-state index is 0.000609. The van der Waals surface area contributed by atoms with E-state index in [1.165, 1.54) is 12.3 Å². The molecule has 3 amide bonds. The number of halogens is 5. The number of hydrogen-bond donors (Lipinski definition) is 3. The Morgan fingerprint density at radius 2 is 1.76 bits per heavy atom. The van der Waals surface area contributed by atoms with Crippen LogP contribution in [0.1, 0.15) is 69.0 Å². The van der Waals surface area contributed by atoms with Gasteiger partial charge in [0.2, 0.25) is 17.7 Å². The topological polar surface area (TPSA) is 109 Å². The van der Waals surface area contributed by atoms with Crippen LogP contribution in [-0.2, 0) is 20.9 Å². The maximum atomic E-state index is 13.8. The lowest BCUT2D eigenvalue weighted by Gasteiger charge is -2.33. The normalized spacial score (nSPS) is 16.7. The van der Waals surface area contributed by atoms with Crippen LogP contribution < -0.4 is 16.0 Å². The molecule has 13 heteroatoms. The Morgan fingerprint density at radius 1 is 1.07 bits per heavy atom. The number of alkyl halides is 5. The number of nitrogens with one attached hydrogen (secondary N) is 3. The van der Waals surface area contributed by atoms with Crippen molar-refractivity contribution in [3.63, 3.8) is 0 Å². The number of aromatic nitrogens is 1. The second kappa shape index (κ2) is 14.2. The van der Waals surface area contributed by atoms with Gasteiger partial charge < -0.3 is 20.7 Å². The number of ether oxygens (including phenoxy) is 1. The molecule has 0 aliphatic heterocycles. The molecule has 1 heterocycles. The predicted octanol–water partition coefficient (Wildman–Crippen LogP) is 6.05. The molecule has 1 fully saturated rings. The highest BCUT2D eigenvalue weighted by atomic mass is 19.4. The molecule has 8 nitrogen and oxygen atoms in total. The lowest BCUT2D eigenvalue weighted by molar-refractivity contribution is -0.144. The average Bonchev–Trinajstić information content (AvgIpc) is 2.93. The molecule has 1 saturated carbocycles. The monoisotopic (exact) mass is 584 g/mol. The second-order valence-electron chi connectivity index (χ2n) is 9.98. The zero-order valence-electron chi connectivity index (χ0n) is 22.5. The van der Waals surface area contributed by atoms with Gasteiger partial charge in [-0.15, -0.1) is 0 Å². The summed E-state index contributed by atoms with van der Waals surface area (Å²) >= 11 is 0. The van der Waals surface area contributed by atoms with Crippen molar-refractivity contribution in [3.05, 3.63) is 59.8 Å². The van der Waals surface area contributed by atoms with Gasteiger partial charge in [-0.05, 0) is 48.4 Å². The summed E-state index contributed by atoms with van der Waals surface area (Å²) in [5.41, 5.74) is 1.21. The molecular weight excluding hydrogens is 551 g/mol. The molecule has 3 rings (SSSR count). The summed E-state index contributed by atoms with van der Waals surface area (Å²) in [7, 11) is 0. The molecule has 1 aromatic heterocycles.